The molecule has 1 atom stereocenters. The van der Waals surface area contributed by atoms with E-state index in [1.807, 2.05) is 31.3 Å². The minimum absolute atomic E-state index is 0.0697. The van der Waals surface area contributed by atoms with E-state index in [4.69, 9.17) is 0 Å². The molecule has 3 heterocycles. The van der Waals surface area contributed by atoms with Crippen LogP contribution in [0.15, 0.2) is 60.0 Å². The second kappa shape index (κ2) is 4.80. The Hall–Kier alpha value is -2.95. The number of benzene rings is 1. The van der Waals surface area contributed by atoms with E-state index in [0.717, 1.165) is 16.5 Å². The molecule has 1 aromatic carbocycles. The van der Waals surface area contributed by atoms with Gasteiger partial charge in [0.15, 0.2) is 0 Å². The van der Waals surface area contributed by atoms with Crippen molar-refractivity contribution in [2.24, 2.45) is 0 Å². The van der Waals surface area contributed by atoms with Gasteiger partial charge in [0.2, 0.25) is 0 Å². The molecule has 0 aliphatic rings. The van der Waals surface area contributed by atoms with Gasteiger partial charge in [0.1, 0.15) is 0 Å². The Morgan fingerprint density at radius 3 is 3.05 bits per heavy atom. The van der Waals surface area contributed by atoms with Gasteiger partial charge in [0.25, 0.3) is 5.56 Å². The zero-order valence-electron chi connectivity index (χ0n) is 12.0. The SMILES string of the molecule is CC(c1ccc2[nH]ccc2c1)n1cnc2ccncc2c1=O. The molecule has 3 aromatic heterocycles. The molecule has 5 nitrogen and oxygen atoms in total. The maximum absolute atomic E-state index is 12.6. The van der Waals surface area contributed by atoms with Crippen LogP contribution < -0.4 is 5.56 Å². The first-order chi connectivity index (χ1) is 10.7. The van der Waals surface area contributed by atoms with Crippen molar-refractivity contribution in [1.82, 2.24) is 19.5 Å². The highest BCUT2D eigenvalue weighted by Gasteiger charge is 2.12. The Bertz CT molecular complexity index is 1030. The van der Waals surface area contributed by atoms with E-state index in [1.165, 1.54) is 0 Å². The van der Waals surface area contributed by atoms with Gasteiger partial charge in [-0.25, -0.2) is 4.98 Å². The molecule has 0 fully saturated rings. The van der Waals surface area contributed by atoms with Crippen molar-refractivity contribution in [2.45, 2.75) is 13.0 Å². The van der Waals surface area contributed by atoms with Crippen LogP contribution >= 0.6 is 0 Å². The molecule has 0 radical (unpaired) electrons. The summed E-state index contributed by atoms with van der Waals surface area (Å²) in [7, 11) is 0. The van der Waals surface area contributed by atoms with Crippen LogP contribution in [0.3, 0.4) is 0 Å². The van der Waals surface area contributed by atoms with E-state index < -0.39 is 0 Å². The summed E-state index contributed by atoms with van der Waals surface area (Å²) < 4.78 is 1.65. The summed E-state index contributed by atoms with van der Waals surface area (Å²) in [6, 6.07) is 9.83. The highest BCUT2D eigenvalue weighted by Crippen LogP contribution is 2.21. The molecule has 5 heteroatoms. The Kier molecular flexibility index (Phi) is 2.79. The highest BCUT2D eigenvalue weighted by atomic mass is 16.1. The second-order valence-corrected chi connectivity index (χ2v) is 5.35. The molecule has 0 saturated carbocycles. The normalized spacial score (nSPS) is 12.8. The molecule has 0 spiro atoms. The summed E-state index contributed by atoms with van der Waals surface area (Å²) in [5, 5.41) is 1.67. The molecule has 0 aliphatic carbocycles. The van der Waals surface area contributed by atoms with Crippen LogP contribution in [-0.2, 0) is 0 Å². The number of nitrogens with one attached hydrogen (secondary N) is 1. The van der Waals surface area contributed by atoms with Crippen molar-refractivity contribution in [2.75, 3.05) is 0 Å². The van der Waals surface area contributed by atoms with Gasteiger partial charge in [-0.05, 0) is 42.1 Å². The topological polar surface area (TPSA) is 63.6 Å². The molecule has 4 rings (SSSR count). The van der Waals surface area contributed by atoms with Crippen LogP contribution in [0.2, 0.25) is 0 Å². The lowest BCUT2D eigenvalue weighted by molar-refractivity contribution is 0.609. The zero-order valence-corrected chi connectivity index (χ0v) is 12.0. The average molecular weight is 290 g/mol. The number of pyridine rings is 1. The number of hydrogen-bond acceptors (Lipinski definition) is 3. The number of fused-ring (bicyclic) bond motifs is 2. The Labute approximate surface area is 126 Å². The van der Waals surface area contributed by atoms with E-state index in [1.54, 1.807) is 29.4 Å². The molecule has 4 aromatic rings. The lowest BCUT2D eigenvalue weighted by Gasteiger charge is -2.15. The summed E-state index contributed by atoms with van der Waals surface area (Å²) in [6.07, 6.45) is 6.73. The summed E-state index contributed by atoms with van der Waals surface area (Å²) in [5.74, 6) is 0. The largest absolute Gasteiger partial charge is 0.361 e. The van der Waals surface area contributed by atoms with Gasteiger partial charge in [0.05, 0.1) is 23.3 Å². The number of aromatic amines is 1. The second-order valence-electron chi connectivity index (χ2n) is 5.35. The summed E-state index contributed by atoms with van der Waals surface area (Å²) in [5.41, 5.74) is 2.76. The first-order valence-corrected chi connectivity index (χ1v) is 7.12. The van der Waals surface area contributed by atoms with Gasteiger partial charge in [-0.3, -0.25) is 14.3 Å². The van der Waals surface area contributed by atoms with Crippen molar-refractivity contribution < 1.29 is 0 Å². The Balaban J connectivity index is 1.86. The molecule has 1 N–H and O–H groups in total. The van der Waals surface area contributed by atoms with Gasteiger partial charge in [-0.2, -0.15) is 0 Å². The van der Waals surface area contributed by atoms with E-state index in [0.29, 0.717) is 10.9 Å². The fourth-order valence-corrected chi connectivity index (χ4v) is 2.75. The maximum atomic E-state index is 12.6. The van der Waals surface area contributed by atoms with Crippen LogP contribution in [0, 0.1) is 0 Å². The zero-order chi connectivity index (χ0) is 15.1. The third-order valence-electron chi connectivity index (χ3n) is 4.06. The summed E-state index contributed by atoms with van der Waals surface area (Å²) in [4.78, 5) is 24.2. The number of H-pyrrole nitrogens is 1. The van der Waals surface area contributed by atoms with E-state index >= 15 is 0 Å². The minimum atomic E-state index is -0.0936. The predicted molar refractivity (Wildman–Crippen MR) is 85.9 cm³/mol. The Morgan fingerprint density at radius 2 is 2.14 bits per heavy atom. The lowest BCUT2D eigenvalue weighted by Crippen LogP contribution is -2.24. The smallest absolute Gasteiger partial charge is 0.263 e. The van der Waals surface area contributed by atoms with Gasteiger partial charge in [0, 0.05) is 24.1 Å². The van der Waals surface area contributed by atoms with E-state index in [2.05, 4.69) is 21.0 Å². The molecular weight excluding hydrogens is 276 g/mol. The lowest BCUT2D eigenvalue weighted by atomic mass is 10.1. The Morgan fingerprint density at radius 1 is 1.23 bits per heavy atom. The molecule has 0 amide bonds. The molecular formula is C17H14N4O. The predicted octanol–water partition coefficient (Wildman–Crippen LogP) is 2.88. The molecule has 0 aliphatic heterocycles. The summed E-state index contributed by atoms with van der Waals surface area (Å²) in [6.45, 7) is 2.00. The van der Waals surface area contributed by atoms with Crippen molar-refractivity contribution in [3.8, 4) is 0 Å². The fourth-order valence-electron chi connectivity index (χ4n) is 2.75. The third-order valence-corrected chi connectivity index (χ3v) is 4.06. The number of rotatable bonds is 2. The fraction of sp³-hybridized carbons (Fsp3) is 0.118. The number of aromatic nitrogens is 4. The average Bonchev–Trinajstić information content (AvgIpc) is 3.02. The first-order valence-electron chi connectivity index (χ1n) is 7.12. The van der Waals surface area contributed by atoms with Crippen LogP contribution in [0.4, 0.5) is 0 Å². The van der Waals surface area contributed by atoms with Crippen molar-refractivity contribution in [3.63, 3.8) is 0 Å². The molecule has 1 unspecified atom stereocenters. The standard InChI is InChI=1S/C17H14N4O/c1-11(12-2-3-15-13(8-12)4-7-19-15)21-10-20-16-5-6-18-9-14(16)17(21)22/h2-11,19H,1H3. The van der Waals surface area contributed by atoms with Crippen molar-refractivity contribution in [1.29, 1.82) is 0 Å². The van der Waals surface area contributed by atoms with Crippen LogP contribution in [0.1, 0.15) is 18.5 Å². The quantitative estimate of drug-likeness (QED) is 0.617. The highest BCUT2D eigenvalue weighted by molar-refractivity contribution is 5.80. The van der Waals surface area contributed by atoms with E-state index in [9.17, 15) is 4.79 Å². The minimum Gasteiger partial charge on any atom is -0.361 e. The summed E-state index contributed by atoms with van der Waals surface area (Å²) >= 11 is 0. The number of nitrogens with zero attached hydrogens (tertiary/aromatic N) is 3. The third kappa shape index (κ3) is 1.90. The van der Waals surface area contributed by atoms with Crippen molar-refractivity contribution >= 4 is 21.8 Å². The van der Waals surface area contributed by atoms with Gasteiger partial charge in [-0.15, -0.1) is 0 Å². The molecule has 108 valence electrons. The van der Waals surface area contributed by atoms with Crippen LogP contribution in [0.5, 0.6) is 0 Å². The first kappa shape index (κ1) is 12.8. The van der Waals surface area contributed by atoms with Crippen molar-refractivity contribution in [3.05, 3.63) is 71.2 Å². The molecule has 0 bridgehead atoms. The molecule has 22 heavy (non-hydrogen) atoms. The van der Waals surface area contributed by atoms with Crippen LogP contribution in [-0.4, -0.2) is 19.5 Å². The van der Waals surface area contributed by atoms with Crippen LogP contribution in [0.25, 0.3) is 21.8 Å². The van der Waals surface area contributed by atoms with Gasteiger partial charge < -0.3 is 4.98 Å². The monoisotopic (exact) mass is 290 g/mol. The van der Waals surface area contributed by atoms with E-state index in [-0.39, 0.29) is 11.6 Å². The maximum Gasteiger partial charge on any atom is 0.263 e. The number of hydrogen-bond donors (Lipinski definition) is 1. The van der Waals surface area contributed by atoms with Gasteiger partial charge in [-0.1, -0.05) is 6.07 Å². The molecule has 0 saturated heterocycles. The van der Waals surface area contributed by atoms with Gasteiger partial charge >= 0.3 is 0 Å².